The Bertz CT molecular complexity index is 2680. The van der Waals surface area contributed by atoms with E-state index in [4.69, 9.17) is 26.8 Å². The van der Waals surface area contributed by atoms with Crippen LogP contribution in [0.1, 0.15) is 98.8 Å². The average molecular weight is 1130 g/mol. The van der Waals surface area contributed by atoms with Crippen molar-refractivity contribution in [3.63, 3.8) is 0 Å². The Morgan fingerprint density at radius 3 is 2.14 bits per heavy atom. The highest BCUT2D eigenvalue weighted by Gasteiger charge is 2.74. The van der Waals surface area contributed by atoms with Gasteiger partial charge in [-0.2, -0.15) is 0 Å². The number of nitrogens with one attached hydrogen (secondary N) is 4. The molecule has 18 nitrogen and oxygen atoms in total. The smallest absolute Gasteiger partial charge is 0.306 e. The van der Waals surface area contributed by atoms with E-state index >= 15 is 0 Å². The van der Waals surface area contributed by atoms with E-state index in [-0.39, 0.29) is 72.0 Å². The molecule has 3 saturated carbocycles. The lowest BCUT2D eigenvalue weighted by atomic mass is 9.45. The molecule has 78 heavy (non-hydrogen) atoms. The van der Waals surface area contributed by atoms with E-state index in [1.807, 2.05) is 87.5 Å². The number of alkyl halides is 1. The number of rotatable bonds is 25. The number of aliphatic hydroxyl groups excluding tert-OH is 1. The van der Waals surface area contributed by atoms with Crippen molar-refractivity contribution in [2.75, 3.05) is 33.0 Å². The van der Waals surface area contributed by atoms with E-state index < -0.39 is 107 Å². The fourth-order valence-corrected chi connectivity index (χ4v) is 14.9. The minimum absolute atomic E-state index is 0.0682. The topological polar surface area (TPSA) is 270 Å². The number of amides is 6. The number of fused-ring (bicyclic) bond motifs is 5. The molecule has 3 fully saturated rings. The molecule has 6 amide bonds. The third-order valence-electron chi connectivity index (χ3n) is 16.4. The normalized spacial score (nSPS) is 27.9. The Morgan fingerprint density at radius 2 is 1.53 bits per heavy atom. The van der Waals surface area contributed by atoms with Crippen LogP contribution in [-0.2, 0) is 52.6 Å². The largest absolute Gasteiger partial charge is 0.458 e. The summed E-state index contributed by atoms with van der Waals surface area (Å²) in [5.41, 5.74) is 3.64. The van der Waals surface area contributed by atoms with Gasteiger partial charge in [-0.05, 0) is 113 Å². The highest BCUT2D eigenvalue weighted by molar-refractivity contribution is 8.08. The molecule has 0 spiro atoms. The van der Waals surface area contributed by atoms with Crippen LogP contribution < -0.4 is 27.0 Å². The van der Waals surface area contributed by atoms with Crippen molar-refractivity contribution in [1.82, 2.24) is 26.2 Å². The number of hydrogen-bond donors (Lipinski definition) is 6. The molecular weight excluding hydrogens is 1060 g/mol. The zero-order valence-corrected chi connectivity index (χ0v) is 47.1. The maximum Gasteiger partial charge on any atom is 0.306 e. The highest BCUT2D eigenvalue weighted by Crippen LogP contribution is 2.72. The maximum absolute atomic E-state index is 13.9. The zero-order chi connectivity index (χ0) is 56.6. The second kappa shape index (κ2) is 25.6. The van der Waals surface area contributed by atoms with Crippen molar-refractivity contribution in [2.45, 2.75) is 137 Å². The number of aliphatic hydroxyl groups is 1. The molecule has 21 heteroatoms. The summed E-state index contributed by atoms with van der Waals surface area (Å²) in [6.45, 7) is 7.72. The Kier molecular flexibility index (Phi) is 19.7. The number of nitrogens with two attached hydrogens (primary N) is 1. The molecule has 1 aliphatic heterocycles. The summed E-state index contributed by atoms with van der Waals surface area (Å²) >= 11 is 9.98. The summed E-state index contributed by atoms with van der Waals surface area (Å²) < 4.78 is 11.9. The molecule has 0 saturated heterocycles. The molecule has 0 aromatic heterocycles. The van der Waals surface area contributed by atoms with Crippen LogP contribution in [0.3, 0.4) is 0 Å². The number of thioether (sulfide) groups is 2. The number of allylic oxidation sites excluding steroid dienone is 4. The highest BCUT2D eigenvalue weighted by atomic mass is 35.5. The van der Waals surface area contributed by atoms with Gasteiger partial charge in [-0.3, -0.25) is 48.1 Å². The maximum atomic E-state index is 13.9. The molecule has 4 aliphatic carbocycles. The third kappa shape index (κ3) is 12.5. The lowest BCUT2D eigenvalue weighted by Crippen LogP contribution is -2.68. The van der Waals surface area contributed by atoms with Crippen LogP contribution in [-0.4, -0.2) is 125 Å². The molecule has 0 bridgehead atoms. The first-order valence-electron chi connectivity index (χ1n) is 26.6. The summed E-state index contributed by atoms with van der Waals surface area (Å²) in [6, 6.07) is 16.1. The van der Waals surface area contributed by atoms with E-state index in [2.05, 4.69) is 21.3 Å². The minimum atomic E-state index is -1.30. The first-order valence-corrected chi connectivity index (χ1v) is 28.7. The standard InChI is InChI=1S/C57H71ClN6O12S2/c1-6-47(70)76-56(34(2)27-42-41-21-20-36-28-37(65)22-24-54(36,4)57(41,58)44(67)30-55(42,56)5)29-38(66)32-75-33-61-46(69)31-60-50(71)35(3)62-51(72)43(19-13-14-25-59)63-45(68)23-26-64-52(73)48(77-39-15-9-7-10-16-39)49(53(64)74)78-40-17-11-8-12-18-40/h7-12,15-18,22,24,28,34-35,41-44,67H,6,13-14,19-21,23,25-27,29-33,59H2,1-5H3,(H,60,71)(H,61,69)(H,62,72)(H,63,68)/t34-,35-,41-,42?,43-,44-,54-,55-,56?,57-/m0/s1. The lowest BCUT2D eigenvalue weighted by molar-refractivity contribution is -0.201. The van der Waals surface area contributed by atoms with Gasteiger partial charge in [-0.15, -0.1) is 11.6 Å². The monoisotopic (exact) mass is 1130 g/mol. The van der Waals surface area contributed by atoms with Crippen molar-refractivity contribution in [3.8, 4) is 0 Å². The predicted molar refractivity (Wildman–Crippen MR) is 294 cm³/mol. The van der Waals surface area contributed by atoms with Gasteiger partial charge in [0.1, 0.15) is 31.0 Å². The molecule has 2 aromatic rings. The fraction of sp³-hybridized carbons (Fsp3) is 0.526. The van der Waals surface area contributed by atoms with Crippen LogP contribution in [0, 0.1) is 28.6 Å². The number of hydrogen-bond acceptors (Lipinski definition) is 15. The first-order chi connectivity index (χ1) is 37.1. The number of esters is 1. The Labute approximate surface area is 468 Å². The van der Waals surface area contributed by atoms with Gasteiger partial charge in [0.15, 0.2) is 11.6 Å². The Morgan fingerprint density at radius 1 is 0.885 bits per heavy atom. The molecule has 2 unspecified atom stereocenters. The fourth-order valence-electron chi connectivity index (χ4n) is 12.3. The van der Waals surface area contributed by atoms with Gasteiger partial charge in [0, 0.05) is 46.4 Å². The number of ketones is 2. The van der Waals surface area contributed by atoms with E-state index in [9.17, 15) is 48.3 Å². The van der Waals surface area contributed by atoms with Gasteiger partial charge >= 0.3 is 5.97 Å². The van der Waals surface area contributed by atoms with Gasteiger partial charge in [0.05, 0.1) is 27.3 Å². The Balaban J connectivity index is 0.878. The molecule has 7 N–H and O–H groups in total. The van der Waals surface area contributed by atoms with Crippen LogP contribution in [0.4, 0.5) is 0 Å². The summed E-state index contributed by atoms with van der Waals surface area (Å²) in [5, 5.41) is 22.3. The zero-order valence-electron chi connectivity index (χ0n) is 44.7. The number of benzene rings is 2. The van der Waals surface area contributed by atoms with Crippen molar-refractivity contribution in [1.29, 1.82) is 0 Å². The van der Waals surface area contributed by atoms with E-state index in [1.54, 1.807) is 13.0 Å². The molecule has 5 aliphatic rings. The van der Waals surface area contributed by atoms with E-state index in [1.165, 1.54) is 36.5 Å². The lowest BCUT2D eigenvalue weighted by Gasteiger charge is -2.64. The number of carbonyl (C=O) groups excluding carboxylic acids is 9. The molecular formula is C57H71ClN6O12S2. The number of Topliss-reactive ketones (excluding diaryl/α,β-unsaturated/α-hetero) is 1. The van der Waals surface area contributed by atoms with Crippen LogP contribution in [0.15, 0.2) is 104 Å². The summed E-state index contributed by atoms with van der Waals surface area (Å²) in [4.78, 5) is 122. The minimum Gasteiger partial charge on any atom is -0.458 e. The van der Waals surface area contributed by atoms with Crippen molar-refractivity contribution in [3.05, 3.63) is 94.3 Å². The van der Waals surface area contributed by atoms with Crippen molar-refractivity contribution >= 4 is 88.1 Å². The summed E-state index contributed by atoms with van der Waals surface area (Å²) in [7, 11) is 0. The van der Waals surface area contributed by atoms with Crippen molar-refractivity contribution in [2.24, 2.45) is 34.3 Å². The number of imide groups is 1. The van der Waals surface area contributed by atoms with Gasteiger partial charge < -0.3 is 41.6 Å². The average Bonchev–Trinajstić information content (AvgIpc) is 3.81. The summed E-state index contributed by atoms with van der Waals surface area (Å²) in [6.07, 6.45) is 6.58. The number of ether oxygens (including phenoxy) is 2. The molecule has 0 radical (unpaired) electrons. The molecule has 420 valence electrons. The molecule has 7 rings (SSSR count). The van der Waals surface area contributed by atoms with E-state index in [0.717, 1.165) is 20.3 Å². The van der Waals surface area contributed by atoms with Gasteiger partial charge in [0.25, 0.3) is 11.8 Å². The van der Waals surface area contributed by atoms with E-state index in [0.29, 0.717) is 38.6 Å². The van der Waals surface area contributed by atoms with Crippen LogP contribution in [0.5, 0.6) is 0 Å². The SMILES string of the molecule is CCC(=O)OC1(CC(=O)COCNC(=O)CNC(=O)[C@H](C)NC(=O)[C@H](CCCCN)NC(=O)CCN2C(=O)C(Sc3ccccc3)=C(Sc3ccccc3)C2=O)[C@@H](C)CC2[C@@H]3CCC4=CC(=O)C=C[C@]4(C)[C@@]3(Cl)[C@@H](O)C[C@@]21C. The quantitative estimate of drug-likeness (QED) is 0.0239. The van der Waals surface area contributed by atoms with Crippen LogP contribution in [0.2, 0.25) is 0 Å². The van der Waals surface area contributed by atoms with Crippen molar-refractivity contribution < 1.29 is 57.7 Å². The van der Waals surface area contributed by atoms with Crippen LogP contribution in [0.25, 0.3) is 0 Å². The van der Waals surface area contributed by atoms with Gasteiger partial charge in [-0.1, -0.05) is 99.3 Å². The molecule has 2 aromatic carbocycles. The number of carbonyl (C=O) groups is 9. The molecule has 10 atom stereocenters. The Hall–Kier alpha value is -5.64. The van der Waals surface area contributed by atoms with Gasteiger partial charge in [-0.25, -0.2) is 0 Å². The molecule has 1 heterocycles. The third-order valence-corrected chi connectivity index (χ3v) is 19.7. The summed E-state index contributed by atoms with van der Waals surface area (Å²) in [5.74, 6) is -5.37. The number of unbranched alkanes of at least 4 members (excludes halogenated alkanes) is 1. The first kappa shape index (κ1) is 60.0. The van der Waals surface area contributed by atoms with Crippen LogP contribution >= 0.6 is 35.1 Å². The predicted octanol–water partition coefficient (Wildman–Crippen LogP) is 5.40. The van der Waals surface area contributed by atoms with Gasteiger partial charge in [0.2, 0.25) is 23.6 Å². The number of nitrogens with zero attached hydrogens (tertiary/aromatic N) is 1. The second-order valence-electron chi connectivity index (χ2n) is 21.3. The second-order valence-corrected chi connectivity index (χ2v) is 24.1. The number of halogens is 1.